The van der Waals surface area contributed by atoms with Gasteiger partial charge in [0.1, 0.15) is 22.9 Å². The number of hydrogen-bond donors (Lipinski definition) is 1. The summed E-state index contributed by atoms with van der Waals surface area (Å²) in [7, 11) is 0. The van der Waals surface area contributed by atoms with E-state index in [4.69, 9.17) is 4.42 Å². The van der Waals surface area contributed by atoms with Crippen LogP contribution in [-0.2, 0) is 4.79 Å². The van der Waals surface area contributed by atoms with E-state index in [1.807, 2.05) is 24.0 Å². The van der Waals surface area contributed by atoms with Crippen molar-refractivity contribution in [2.24, 2.45) is 0 Å². The zero-order valence-corrected chi connectivity index (χ0v) is 16.2. The molecule has 0 radical (unpaired) electrons. The molecule has 1 amide bonds. The lowest BCUT2D eigenvalue weighted by Gasteiger charge is -2.32. The van der Waals surface area contributed by atoms with Crippen LogP contribution in [0.15, 0.2) is 40.5 Å². The largest absolute Gasteiger partial charge is 0.465 e. The number of aryl methyl sites for hydroxylation is 1. The zero-order chi connectivity index (χ0) is 19.3. The van der Waals surface area contributed by atoms with E-state index < -0.39 is 0 Å². The van der Waals surface area contributed by atoms with Gasteiger partial charge in [-0.1, -0.05) is 11.3 Å². The molecule has 3 aromatic heterocycles. The van der Waals surface area contributed by atoms with Crippen LogP contribution in [0.3, 0.4) is 0 Å². The molecule has 144 valence electrons. The molecular formula is C19H20N6O2S. The van der Waals surface area contributed by atoms with Gasteiger partial charge in [-0.2, -0.15) is 0 Å². The van der Waals surface area contributed by atoms with Gasteiger partial charge in [0.05, 0.1) is 12.0 Å². The number of hydrogen-bond acceptors (Lipinski definition) is 8. The van der Waals surface area contributed by atoms with Crippen molar-refractivity contribution in [3.63, 3.8) is 0 Å². The minimum absolute atomic E-state index is 0.0147. The molecule has 0 aromatic carbocycles. The molecule has 1 atom stereocenters. The Bertz CT molecular complexity index is 955. The van der Waals surface area contributed by atoms with Gasteiger partial charge in [0, 0.05) is 31.1 Å². The molecule has 0 spiro atoms. The van der Waals surface area contributed by atoms with Gasteiger partial charge < -0.3 is 14.6 Å². The predicted molar refractivity (Wildman–Crippen MR) is 106 cm³/mol. The van der Waals surface area contributed by atoms with Crippen molar-refractivity contribution >= 4 is 34.3 Å². The first-order valence-corrected chi connectivity index (χ1v) is 9.94. The van der Waals surface area contributed by atoms with Gasteiger partial charge in [0.25, 0.3) is 0 Å². The molecule has 8 nitrogen and oxygen atoms in total. The summed E-state index contributed by atoms with van der Waals surface area (Å²) < 4.78 is 5.24. The summed E-state index contributed by atoms with van der Waals surface area (Å²) in [6, 6.07) is 5.55. The lowest BCUT2D eigenvalue weighted by molar-refractivity contribution is -0.127. The van der Waals surface area contributed by atoms with E-state index in [1.54, 1.807) is 30.0 Å². The van der Waals surface area contributed by atoms with Crippen molar-refractivity contribution in [3.8, 4) is 0 Å². The van der Waals surface area contributed by atoms with Crippen LogP contribution in [0.25, 0.3) is 6.08 Å². The van der Waals surface area contributed by atoms with Gasteiger partial charge in [-0.3, -0.25) is 4.79 Å². The number of carbonyl (C=O) groups is 1. The molecule has 1 saturated heterocycles. The number of piperidine rings is 1. The smallest absolute Gasteiger partial charge is 0.246 e. The number of anilines is 2. The van der Waals surface area contributed by atoms with Crippen molar-refractivity contribution in [2.75, 3.05) is 18.4 Å². The first-order chi connectivity index (χ1) is 13.7. The van der Waals surface area contributed by atoms with E-state index in [1.165, 1.54) is 11.3 Å². The zero-order valence-electron chi connectivity index (χ0n) is 15.4. The SMILES string of the molecule is Cc1nc(Nc2nncs2)cc([C@H]2CCCN(C(=O)/C=C/c3ccco3)C2)n1. The number of likely N-dealkylation sites (tertiary alicyclic amines) is 1. The quantitative estimate of drug-likeness (QED) is 0.660. The molecule has 4 rings (SSSR count). The number of aromatic nitrogens is 4. The van der Waals surface area contributed by atoms with Crippen LogP contribution in [0, 0.1) is 6.92 Å². The lowest BCUT2D eigenvalue weighted by Crippen LogP contribution is -2.38. The summed E-state index contributed by atoms with van der Waals surface area (Å²) in [5.74, 6) is 2.21. The van der Waals surface area contributed by atoms with E-state index in [0.29, 0.717) is 29.1 Å². The van der Waals surface area contributed by atoms with Crippen LogP contribution in [-0.4, -0.2) is 44.1 Å². The first kappa shape index (κ1) is 18.3. The highest BCUT2D eigenvalue weighted by Crippen LogP contribution is 2.28. The molecule has 9 heteroatoms. The normalized spacial score (nSPS) is 17.2. The van der Waals surface area contributed by atoms with E-state index in [9.17, 15) is 4.79 Å². The Morgan fingerprint density at radius 1 is 1.43 bits per heavy atom. The lowest BCUT2D eigenvalue weighted by atomic mass is 9.94. The van der Waals surface area contributed by atoms with Crippen LogP contribution in [0.2, 0.25) is 0 Å². The van der Waals surface area contributed by atoms with Crippen molar-refractivity contribution in [2.45, 2.75) is 25.7 Å². The Labute approximate surface area is 166 Å². The highest BCUT2D eigenvalue weighted by molar-refractivity contribution is 7.13. The van der Waals surface area contributed by atoms with E-state index in [2.05, 4.69) is 25.5 Å². The Morgan fingerprint density at radius 3 is 3.14 bits per heavy atom. The van der Waals surface area contributed by atoms with E-state index in [0.717, 1.165) is 25.1 Å². The van der Waals surface area contributed by atoms with Crippen molar-refractivity contribution in [3.05, 3.63) is 53.3 Å². The maximum absolute atomic E-state index is 12.6. The highest BCUT2D eigenvalue weighted by atomic mass is 32.1. The molecule has 4 heterocycles. The predicted octanol–water partition coefficient (Wildman–Crippen LogP) is 3.39. The third-order valence-electron chi connectivity index (χ3n) is 4.54. The summed E-state index contributed by atoms with van der Waals surface area (Å²) in [6.07, 6.45) is 6.78. The molecule has 3 aromatic rings. The standard InChI is InChI=1S/C19H20N6O2S/c1-13-21-16(10-17(22-13)23-19-24-20-12-28-19)14-4-2-8-25(11-14)18(26)7-6-15-5-3-9-27-15/h3,5-7,9-10,12,14H,2,4,8,11H2,1H3,(H,21,22,23,24)/b7-6+/t14-/m0/s1. The van der Waals surface area contributed by atoms with Crippen LogP contribution < -0.4 is 5.32 Å². The second-order valence-corrected chi connectivity index (χ2v) is 7.40. The van der Waals surface area contributed by atoms with Crippen LogP contribution in [0.1, 0.15) is 36.0 Å². The molecule has 1 fully saturated rings. The topological polar surface area (TPSA) is 97.0 Å². The third-order valence-corrected chi connectivity index (χ3v) is 5.14. The first-order valence-electron chi connectivity index (χ1n) is 9.06. The fourth-order valence-electron chi connectivity index (χ4n) is 3.26. The molecular weight excluding hydrogens is 376 g/mol. The Kier molecular flexibility index (Phi) is 5.43. The number of carbonyl (C=O) groups excluding carboxylic acids is 1. The summed E-state index contributed by atoms with van der Waals surface area (Å²) >= 11 is 1.41. The van der Waals surface area contributed by atoms with Gasteiger partial charge in [0.2, 0.25) is 11.0 Å². The molecule has 1 aliphatic heterocycles. The number of nitrogens with zero attached hydrogens (tertiary/aromatic N) is 5. The number of amides is 1. The van der Waals surface area contributed by atoms with Crippen molar-refractivity contribution < 1.29 is 9.21 Å². The number of rotatable bonds is 5. The molecule has 0 aliphatic carbocycles. The number of furan rings is 1. The monoisotopic (exact) mass is 396 g/mol. The molecule has 0 unspecified atom stereocenters. The Hall–Kier alpha value is -3.07. The molecule has 1 N–H and O–H groups in total. The summed E-state index contributed by atoms with van der Waals surface area (Å²) in [6.45, 7) is 3.25. The minimum atomic E-state index is -0.0147. The fraction of sp³-hybridized carbons (Fsp3) is 0.316. The summed E-state index contributed by atoms with van der Waals surface area (Å²) in [4.78, 5) is 23.5. The maximum Gasteiger partial charge on any atom is 0.246 e. The van der Waals surface area contributed by atoms with Crippen LogP contribution >= 0.6 is 11.3 Å². The van der Waals surface area contributed by atoms with Gasteiger partial charge in [0.15, 0.2) is 0 Å². The second kappa shape index (κ2) is 8.30. The van der Waals surface area contributed by atoms with Gasteiger partial charge in [-0.15, -0.1) is 10.2 Å². The molecule has 28 heavy (non-hydrogen) atoms. The fourth-order valence-corrected chi connectivity index (χ4v) is 3.72. The minimum Gasteiger partial charge on any atom is -0.465 e. The second-order valence-electron chi connectivity index (χ2n) is 6.57. The molecule has 0 bridgehead atoms. The van der Waals surface area contributed by atoms with E-state index >= 15 is 0 Å². The maximum atomic E-state index is 12.6. The van der Waals surface area contributed by atoms with Crippen molar-refractivity contribution in [1.82, 2.24) is 25.1 Å². The molecule has 1 aliphatic rings. The van der Waals surface area contributed by atoms with Crippen molar-refractivity contribution in [1.29, 1.82) is 0 Å². The van der Waals surface area contributed by atoms with Crippen LogP contribution in [0.4, 0.5) is 10.9 Å². The molecule has 0 saturated carbocycles. The highest BCUT2D eigenvalue weighted by Gasteiger charge is 2.25. The average Bonchev–Trinajstić information content (AvgIpc) is 3.40. The van der Waals surface area contributed by atoms with E-state index in [-0.39, 0.29) is 11.8 Å². The van der Waals surface area contributed by atoms with Gasteiger partial charge in [-0.05, 0) is 38.0 Å². The summed E-state index contributed by atoms with van der Waals surface area (Å²) in [5, 5.41) is 11.7. The van der Waals surface area contributed by atoms with Crippen LogP contribution in [0.5, 0.6) is 0 Å². The summed E-state index contributed by atoms with van der Waals surface area (Å²) in [5.41, 5.74) is 2.60. The third kappa shape index (κ3) is 4.42. The average molecular weight is 396 g/mol. The Morgan fingerprint density at radius 2 is 2.36 bits per heavy atom. The Balaban J connectivity index is 1.46. The number of nitrogens with one attached hydrogen (secondary N) is 1. The van der Waals surface area contributed by atoms with Gasteiger partial charge in [-0.25, -0.2) is 9.97 Å². The van der Waals surface area contributed by atoms with Gasteiger partial charge >= 0.3 is 0 Å².